The second-order valence-corrected chi connectivity index (χ2v) is 4.26. The Morgan fingerprint density at radius 1 is 1.33 bits per heavy atom. The van der Waals surface area contributed by atoms with Crippen molar-refractivity contribution in [2.45, 2.75) is 38.3 Å². The van der Waals surface area contributed by atoms with Gasteiger partial charge < -0.3 is 0 Å². The number of rotatable bonds is 6. The highest BCUT2D eigenvalue weighted by Crippen LogP contribution is 2.30. The third-order valence-electron chi connectivity index (χ3n) is 1.55. The Labute approximate surface area is 88.4 Å². The number of hydrogen-bond donors (Lipinski definition) is 0. The van der Waals surface area contributed by atoms with Crippen molar-refractivity contribution in [2.75, 3.05) is 5.75 Å². The minimum Gasteiger partial charge on any atom is -0.288 e. The lowest BCUT2D eigenvalue weighted by molar-refractivity contribution is -0.142. The van der Waals surface area contributed by atoms with E-state index >= 15 is 0 Å². The van der Waals surface area contributed by atoms with Gasteiger partial charge in [0.05, 0.1) is 0 Å². The van der Waals surface area contributed by atoms with E-state index in [2.05, 4.69) is 0 Å². The van der Waals surface area contributed by atoms with Crippen molar-refractivity contribution in [3.8, 4) is 0 Å². The SMILES string of the molecule is CC(=O)SCCC(F)CC(F)(F)C(F)F. The van der Waals surface area contributed by atoms with Crippen molar-refractivity contribution in [2.24, 2.45) is 0 Å². The molecular weight excluding hydrogens is 239 g/mol. The van der Waals surface area contributed by atoms with Crippen molar-refractivity contribution in [1.29, 1.82) is 0 Å². The van der Waals surface area contributed by atoms with Gasteiger partial charge >= 0.3 is 12.3 Å². The van der Waals surface area contributed by atoms with Crippen LogP contribution in [0.1, 0.15) is 19.8 Å². The molecule has 0 spiro atoms. The first-order chi connectivity index (χ1) is 6.75. The lowest BCUT2D eigenvalue weighted by Gasteiger charge is -2.17. The quantitative estimate of drug-likeness (QED) is 0.673. The molecule has 0 amide bonds. The van der Waals surface area contributed by atoms with Gasteiger partial charge in [-0.15, -0.1) is 0 Å². The van der Waals surface area contributed by atoms with Gasteiger partial charge in [0.2, 0.25) is 0 Å². The van der Waals surface area contributed by atoms with Crippen molar-refractivity contribution in [3.05, 3.63) is 0 Å². The standard InChI is InChI=1S/C8H11F5OS/c1-5(14)15-3-2-6(9)4-8(12,13)7(10)11/h6-7H,2-4H2,1H3. The smallest absolute Gasteiger partial charge is 0.288 e. The molecule has 0 aromatic heterocycles. The average Bonchev–Trinajstić information content (AvgIpc) is 2.01. The summed E-state index contributed by atoms with van der Waals surface area (Å²) in [6, 6.07) is 0. The molecule has 0 aliphatic rings. The molecule has 1 atom stereocenters. The summed E-state index contributed by atoms with van der Waals surface area (Å²) in [5.41, 5.74) is 0. The number of alkyl halides is 5. The molecule has 0 rings (SSSR count). The van der Waals surface area contributed by atoms with E-state index in [-0.39, 0.29) is 17.3 Å². The van der Waals surface area contributed by atoms with Crippen LogP contribution in [-0.2, 0) is 4.79 Å². The fourth-order valence-electron chi connectivity index (χ4n) is 0.817. The highest BCUT2D eigenvalue weighted by molar-refractivity contribution is 8.13. The summed E-state index contributed by atoms with van der Waals surface area (Å²) in [4.78, 5) is 10.4. The van der Waals surface area contributed by atoms with E-state index in [1.807, 2.05) is 0 Å². The van der Waals surface area contributed by atoms with Gasteiger partial charge in [-0.25, -0.2) is 22.0 Å². The Bertz CT molecular complexity index is 209. The van der Waals surface area contributed by atoms with Crippen molar-refractivity contribution in [3.63, 3.8) is 0 Å². The molecule has 0 aromatic carbocycles. The molecule has 0 fully saturated rings. The van der Waals surface area contributed by atoms with Gasteiger partial charge in [-0.05, 0) is 6.42 Å². The summed E-state index contributed by atoms with van der Waals surface area (Å²) < 4.78 is 60.7. The van der Waals surface area contributed by atoms with E-state index in [0.717, 1.165) is 11.8 Å². The van der Waals surface area contributed by atoms with Crippen molar-refractivity contribution >= 4 is 16.9 Å². The molecule has 90 valence electrons. The first-order valence-corrected chi connectivity index (χ1v) is 5.17. The number of carbonyl (C=O) groups excluding carboxylic acids is 1. The normalized spacial score (nSPS) is 14.3. The molecule has 0 heterocycles. The van der Waals surface area contributed by atoms with Crippen LogP contribution >= 0.6 is 11.8 Å². The fraction of sp³-hybridized carbons (Fsp3) is 0.875. The maximum absolute atomic E-state index is 12.8. The lowest BCUT2D eigenvalue weighted by Crippen LogP contribution is -2.30. The van der Waals surface area contributed by atoms with Crippen LogP contribution < -0.4 is 0 Å². The molecule has 0 aromatic rings. The predicted octanol–water partition coefficient (Wildman–Crippen LogP) is 3.28. The Hall–Kier alpha value is -0.330. The second kappa shape index (κ2) is 6.30. The van der Waals surface area contributed by atoms with E-state index in [1.54, 1.807) is 0 Å². The zero-order valence-electron chi connectivity index (χ0n) is 7.98. The molecular formula is C8H11F5OS. The first kappa shape index (κ1) is 14.7. The largest absolute Gasteiger partial charge is 0.310 e. The molecule has 0 radical (unpaired) electrons. The Balaban J connectivity index is 3.82. The van der Waals surface area contributed by atoms with Crippen LogP contribution in [0.15, 0.2) is 0 Å². The molecule has 0 saturated heterocycles. The summed E-state index contributed by atoms with van der Waals surface area (Å²) in [7, 11) is 0. The maximum atomic E-state index is 12.8. The Morgan fingerprint density at radius 2 is 1.87 bits per heavy atom. The zero-order chi connectivity index (χ0) is 12.1. The van der Waals surface area contributed by atoms with E-state index in [4.69, 9.17) is 0 Å². The molecule has 0 aliphatic carbocycles. The van der Waals surface area contributed by atoms with Gasteiger partial charge in [0, 0.05) is 19.1 Å². The van der Waals surface area contributed by atoms with Gasteiger partial charge in [-0.3, -0.25) is 4.79 Å². The molecule has 0 N–H and O–H groups in total. The monoisotopic (exact) mass is 250 g/mol. The molecule has 0 aliphatic heterocycles. The third kappa shape index (κ3) is 6.70. The van der Waals surface area contributed by atoms with Crippen LogP contribution in [0, 0.1) is 0 Å². The minimum absolute atomic E-state index is 0.0236. The summed E-state index contributed by atoms with van der Waals surface area (Å²) in [5.74, 6) is -4.27. The highest BCUT2D eigenvalue weighted by atomic mass is 32.2. The van der Waals surface area contributed by atoms with Gasteiger partial charge in [-0.1, -0.05) is 11.8 Å². The van der Waals surface area contributed by atoms with Gasteiger partial charge in [0.15, 0.2) is 5.12 Å². The van der Waals surface area contributed by atoms with E-state index in [1.165, 1.54) is 6.92 Å². The molecule has 0 saturated carbocycles. The van der Waals surface area contributed by atoms with Crippen molar-refractivity contribution < 1.29 is 26.7 Å². The number of thioether (sulfide) groups is 1. The van der Waals surface area contributed by atoms with Crippen LogP contribution in [0.4, 0.5) is 22.0 Å². The summed E-state index contributed by atoms with van der Waals surface area (Å²) in [5, 5.41) is -0.261. The zero-order valence-corrected chi connectivity index (χ0v) is 8.80. The van der Waals surface area contributed by atoms with Crippen molar-refractivity contribution in [1.82, 2.24) is 0 Å². The minimum atomic E-state index is -4.29. The molecule has 1 nitrogen and oxygen atoms in total. The summed E-state index contributed by atoms with van der Waals surface area (Å²) in [6.07, 6.45) is -7.69. The van der Waals surface area contributed by atoms with E-state index in [9.17, 15) is 26.7 Å². The first-order valence-electron chi connectivity index (χ1n) is 4.19. The van der Waals surface area contributed by atoms with Crippen LogP contribution in [0.25, 0.3) is 0 Å². The summed E-state index contributed by atoms with van der Waals surface area (Å²) >= 11 is 0.783. The lowest BCUT2D eigenvalue weighted by atomic mass is 10.1. The Morgan fingerprint density at radius 3 is 2.27 bits per heavy atom. The highest BCUT2D eigenvalue weighted by Gasteiger charge is 2.42. The molecule has 7 heteroatoms. The topological polar surface area (TPSA) is 17.1 Å². The number of carbonyl (C=O) groups is 1. The van der Waals surface area contributed by atoms with Crippen LogP contribution in [0.3, 0.4) is 0 Å². The Kier molecular flexibility index (Phi) is 6.16. The summed E-state index contributed by atoms with van der Waals surface area (Å²) in [6.45, 7) is 1.26. The van der Waals surface area contributed by atoms with E-state index < -0.39 is 24.9 Å². The van der Waals surface area contributed by atoms with Crippen LogP contribution in [0.2, 0.25) is 0 Å². The predicted molar refractivity (Wildman–Crippen MR) is 48.2 cm³/mol. The number of hydrogen-bond acceptors (Lipinski definition) is 2. The average molecular weight is 250 g/mol. The van der Waals surface area contributed by atoms with Gasteiger partial charge in [0.25, 0.3) is 0 Å². The fourth-order valence-corrected chi connectivity index (χ4v) is 1.48. The van der Waals surface area contributed by atoms with Gasteiger partial charge in [0.1, 0.15) is 6.17 Å². The maximum Gasteiger partial charge on any atom is 0.310 e. The van der Waals surface area contributed by atoms with E-state index in [0.29, 0.717) is 0 Å². The molecule has 15 heavy (non-hydrogen) atoms. The van der Waals surface area contributed by atoms with Crippen LogP contribution in [-0.4, -0.2) is 29.4 Å². The number of halogens is 5. The third-order valence-corrected chi connectivity index (χ3v) is 2.40. The second-order valence-electron chi connectivity index (χ2n) is 2.99. The van der Waals surface area contributed by atoms with Gasteiger partial charge in [-0.2, -0.15) is 0 Å². The molecule has 0 bridgehead atoms. The molecule has 1 unspecified atom stereocenters. The van der Waals surface area contributed by atoms with Crippen LogP contribution in [0.5, 0.6) is 0 Å².